The number of hydrogen-bond donors (Lipinski definition) is 3. The topological polar surface area (TPSA) is 165 Å². The molecule has 154 valence electrons. The number of nitrogens with one attached hydrogen (secondary N) is 2. The maximum absolute atomic E-state index is 12.3. The molecule has 1 heterocycles. The second-order valence-corrected chi connectivity index (χ2v) is 5.79. The Morgan fingerprint density at radius 3 is 2.53 bits per heavy atom. The number of rotatable bonds is 7. The van der Waals surface area contributed by atoms with E-state index in [1.165, 1.54) is 14.2 Å². The van der Waals surface area contributed by atoms with E-state index >= 15 is 0 Å². The number of aromatic hydroxyl groups is 1. The lowest BCUT2D eigenvalue weighted by Crippen LogP contribution is -2.15. The predicted molar refractivity (Wildman–Crippen MR) is 107 cm³/mol. The minimum absolute atomic E-state index is 0.0266. The number of ether oxygens (including phenoxy) is 2. The standard InChI is InChI=1S/C18H16N6O6/c1-29-13-5-3-10(4-6-13)15-17(26)20-18(23-21-15)22-19-9-11-7-12(24(27)28)8-14(30-2)16(11)25/h3-9,25H,1-2H3,(H2,20,22,23,26)/b19-9+. The van der Waals surface area contributed by atoms with Gasteiger partial charge in [0.2, 0.25) is 5.95 Å². The van der Waals surface area contributed by atoms with Crippen LogP contribution in [0.25, 0.3) is 11.3 Å². The summed E-state index contributed by atoms with van der Waals surface area (Å²) in [5.74, 6) is 0.160. The fourth-order valence-corrected chi connectivity index (χ4v) is 2.46. The molecule has 12 heteroatoms. The molecule has 0 fully saturated rings. The summed E-state index contributed by atoms with van der Waals surface area (Å²) in [7, 11) is 2.80. The van der Waals surface area contributed by atoms with E-state index in [1.54, 1.807) is 24.3 Å². The Hall–Kier alpha value is -4.48. The van der Waals surface area contributed by atoms with Gasteiger partial charge in [0.05, 0.1) is 31.4 Å². The van der Waals surface area contributed by atoms with Gasteiger partial charge in [-0.3, -0.25) is 19.9 Å². The molecule has 0 saturated carbocycles. The molecule has 12 nitrogen and oxygen atoms in total. The van der Waals surface area contributed by atoms with E-state index in [1.807, 2.05) is 0 Å². The smallest absolute Gasteiger partial charge is 0.279 e. The number of phenols is 1. The van der Waals surface area contributed by atoms with E-state index in [9.17, 15) is 20.0 Å². The van der Waals surface area contributed by atoms with Gasteiger partial charge in [0.25, 0.3) is 11.2 Å². The zero-order valence-corrected chi connectivity index (χ0v) is 15.8. The number of aromatic nitrogens is 3. The highest BCUT2D eigenvalue weighted by Crippen LogP contribution is 2.33. The van der Waals surface area contributed by atoms with Crippen molar-refractivity contribution >= 4 is 17.9 Å². The minimum atomic E-state index is -0.631. The third-order valence-electron chi connectivity index (χ3n) is 3.95. The summed E-state index contributed by atoms with van der Waals surface area (Å²) in [6.45, 7) is 0. The van der Waals surface area contributed by atoms with Crippen LogP contribution in [-0.4, -0.2) is 45.6 Å². The average molecular weight is 412 g/mol. The van der Waals surface area contributed by atoms with Crippen molar-refractivity contribution in [3.05, 3.63) is 62.4 Å². The number of methoxy groups -OCH3 is 2. The largest absolute Gasteiger partial charge is 0.504 e. The molecule has 0 aliphatic heterocycles. The first-order chi connectivity index (χ1) is 14.4. The number of nitro benzene ring substituents is 1. The molecule has 0 radical (unpaired) electrons. The van der Waals surface area contributed by atoms with E-state index in [-0.39, 0.29) is 34.4 Å². The van der Waals surface area contributed by atoms with Crippen LogP contribution in [0.3, 0.4) is 0 Å². The Bertz CT molecular complexity index is 1160. The lowest BCUT2D eigenvalue weighted by molar-refractivity contribution is -0.385. The molecule has 0 amide bonds. The number of H-pyrrole nitrogens is 1. The van der Waals surface area contributed by atoms with Crippen LogP contribution in [0.5, 0.6) is 17.2 Å². The Labute approximate surface area is 169 Å². The molecular weight excluding hydrogens is 396 g/mol. The Kier molecular flexibility index (Phi) is 5.86. The number of hydrazone groups is 1. The van der Waals surface area contributed by atoms with Crippen molar-refractivity contribution < 1.29 is 19.5 Å². The Morgan fingerprint density at radius 1 is 1.20 bits per heavy atom. The maximum Gasteiger partial charge on any atom is 0.279 e. The number of nitrogens with zero attached hydrogens (tertiary/aromatic N) is 4. The van der Waals surface area contributed by atoms with Crippen molar-refractivity contribution in [2.45, 2.75) is 0 Å². The van der Waals surface area contributed by atoms with Gasteiger partial charge in [-0.15, -0.1) is 10.2 Å². The van der Waals surface area contributed by atoms with Crippen LogP contribution in [0.2, 0.25) is 0 Å². The molecule has 3 N–H and O–H groups in total. The Morgan fingerprint density at radius 2 is 1.93 bits per heavy atom. The highest BCUT2D eigenvalue weighted by molar-refractivity contribution is 5.86. The molecule has 0 atom stereocenters. The molecule has 3 aromatic rings. The summed E-state index contributed by atoms with van der Waals surface area (Å²) in [6, 6.07) is 8.91. The van der Waals surface area contributed by atoms with Gasteiger partial charge in [-0.2, -0.15) is 5.10 Å². The first kappa shape index (κ1) is 20.3. The van der Waals surface area contributed by atoms with E-state index in [4.69, 9.17) is 9.47 Å². The second-order valence-electron chi connectivity index (χ2n) is 5.79. The highest BCUT2D eigenvalue weighted by atomic mass is 16.6. The van der Waals surface area contributed by atoms with Gasteiger partial charge in [0.1, 0.15) is 5.75 Å². The molecule has 30 heavy (non-hydrogen) atoms. The van der Waals surface area contributed by atoms with Crippen LogP contribution in [0.4, 0.5) is 11.6 Å². The summed E-state index contributed by atoms with van der Waals surface area (Å²) in [4.78, 5) is 25.1. The third kappa shape index (κ3) is 4.32. The minimum Gasteiger partial charge on any atom is -0.504 e. The van der Waals surface area contributed by atoms with Crippen LogP contribution in [-0.2, 0) is 0 Å². The summed E-state index contributed by atoms with van der Waals surface area (Å²) in [6.07, 6.45) is 1.11. The number of benzene rings is 2. The zero-order valence-electron chi connectivity index (χ0n) is 15.8. The molecule has 0 unspecified atom stereocenters. The monoisotopic (exact) mass is 412 g/mol. The molecule has 0 saturated heterocycles. The summed E-state index contributed by atoms with van der Waals surface area (Å²) in [5, 5.41) is 32.6. The Balaban J connectivity index is 1.80. The van der Waals surface area contributed by atoms with Crippen LogP contribution in [0.1, 0.15) is 5.56 Å². The summed E-state index contributed by atoms with van der Waals surface area (Å²) in [5.41, 5.74) is 2.33. The number of non-ortho nitro benzene ring substituents is 1. The van der Waals surface area contributed by atoms with Crippen LogP contribution < -0.4 is 20.5 Å². The molecule has 1 aromatic heterocycles. The van der Waals surface area contributed by atoms with Gasteiger partial charge in [0.15, 0.2) is 17.2 Å². The first-order valence-corrected chi connectivity index (χ1v) is 8.38. The van der Waals surface area contributed by atoms with E-state index in [2.05, 4.69) is 25.7 Å². The number of hydrogen-bond acceptors (Lipinski definition) is 10. The van der Waals surface area contributed by atoms with Crippen LogP contribution in [0.15, 0.2) is 46.3 Å². The van der Waals surface area contributed by atoms with E-state index in [0.717, 1.165) is 18.3 Å². The van der Waals surface area contributed by atoms with Gasteiger partial charge < -0.3 is 14.6 Å². The fraction of sp³-hybridized carbons (Fsp3) is 0.111. The second kappa shape index (κ2) is 8.68. The third-order valence-corrected chi connectivity index (χ3v) is 3.95. The van der Waals surface area contributed by atoms with Crippen molar-refractivity contribution in [1.82, 2.24) is 15.2 Å². The number of nitro groups is 1. The molecule has 2 aromatic carbocycles. The van der Waals surface area contributed by atoms with Gasteiger partial charge >= 0.3 is 0 Å². The molecule has 0 spiro atoms. The number of aromatic amines is 1. The quantitative estimate of drug-likeness (QED) is 0.298. The first-order valence-electron chi connectivity index (χ1n) is 8.38. The SMILES string of the molecule is COc1ccc(-c2nnc(N/N=C/c3cc([N+](=O)[O-])cc(OC)c3O)[nH]c2=O)cc1. The summed E-state index contributed by atoms with van der Waals surface area (Å²) >= 11 is 0. The average Bonchev–Trinajstić information content (AvgIpc) is 2.75. The molecular formula is C18H16N6O6. The van der Waals surface area contributed by atoms with Crippen molar-refractivity contribution in [3.63, 3.8) is 0 Å². The normalized spacial score (nSPS) is 10.7. The van der Waals surface area contributed by atoms with Crippen molar-refractivity contribution in [3.8, 4) is 28.5 Å². The van der Waals surface area contributed by atoms with Gasteiger partial charge in [0, 0.05) is 17.2 Å². The predicted octanol–water partition coefficient (Wildman–Crippen LogP) is 1.91. The fourth-order valence-electron chi connectivity index (χ4n) is 2.46. The van der Waals surface area contributed by atoms with Gasteiger partial charge in [-0.1, -0.05) is 0 Å². The van der Waals surface area contributed by atoms with E-state index < -0.39 is 10.5 Å². The van der Waals surface area contributed by atoms with Gasteiger partial charge in [-0.25, -0.2) is 5.43 Å². The maximum atomic E-state index is 12.3. The van der Waals surface area contributed by atoms with Crippen molar-refractivity contribution in [2.24, 2.45) is 5.10 Å². The van der Waals surface area contributed by atoms with Crippen molar-refractivity contribution in [2.75, 3.05) is 19.6 Å². The molecule has 3 rings (SSSR count). The molecule has 0 bridgehead atoms. The lowest BCUT2D eigenvalue weighted by Gasteiger charge is -2.06. The van der Waals surface area contributed by atoms with Crippen LogP contribution >= 0.6 is 0 Å². The van der Waals surface area contributed by atoms with Crippen LogP contribution in [0, 0.1) is 10.1 Å². The molecule has 0 aliphatic carbocycles. The van der Waals surface area contributed by atoms with E-state index in [0.29, 0.717) is 11.3 Å². The summed E-state index contributed by atoms with van der Waals surface area (Å²) < 4.78 is 9.98. The lowest BCUT2D eigenvalue weighted by atomic mass is 10.1. The highest BCUT2D eigenvalue weighted by Gasteiger charge is 2.16. The van der Waals surface area contributed by atoms with Gasteiger partial charge in [-0.05, 0) is 24.3 Å². The molecule has 0 aliphatic rings. The van der Waals surface area contributed by atoms with Crippen molar-refractivity contribution in [1.29, 1.82) is 0 Å². The number of phenolic OH excluding ortho intramolecular Hbond substituents is 1. The number of anilines is 1. The zero-order chi connectivity index (χ0) is 21.7.